The van der Waals surface area contributed by atoms with Gasteiger partial charge in [-0.05, 0) is 5.16 Å². The first kappa shape index (κ1) is 6.30. The number of hydrogen-bond donors (Lipinski definition) is 0. The molecule has 0 fully saturated rings. The predicted molar refractivity (Wildman–Crippen MR) is 27.0 cm³/mol. The first-order chi connectivity index (χ1) is 3.00. The smallest absolute Gasteiger partial charge is 0.218 e. The summed E-state index contributed by atoms with van der Waals surface area (Å²) >= 11 is 0. The third-order valence-corrected chi connectivity index (χ3v) is 0.360. The number of rotatable bonds is 0. The maximum atomic E-state index is 4.47. The zero-order chi connectivity index (χ0) is 4.24. The molecule has 0 saturated heterocycles. The highest BCUT2D eigenvalue weighted by Crippen LogP contribution is 1.84. The normalized spacial score (nSPS) is 13.7. The van der Waals surface area contributed by atoms with E-state index >= 15 is 0 Å². The largest absolute Gasteiger partial charge is 0.447 e. The third-order valence-electron chi connectivity index (χ3n) is 0.360. The van der Waals surface area contributed by atoms with Crippen LogP contribution in [-0.2, 0) is 9.57 Å². The van der Waals surface area contributed by atoms with Crippen molar-refractivity contribution in [1.29, 1.82) is 0 Å². The van der Waals surface area contributed by atoms with Gasteiger partial charge in [-0.2, -0.15) is 0 Å². The molecule has 0 aliphatic carbocycles. The summed E-state index contributed by atoms with van der Waals surface area (Å²) in [6.07, 6.45) is 3.95. The number of oxime groups is 1. The van der Waals surface area contributed by atoms with Gasteiger partial charge in [0.15, 0.2) is 6.26 Å². The summed E-state index contributed by atoms with van der Waals surface area (Å²) in [6, 6.07) is 0. The predicted octanol–water partition coefficient (Wildman–Crippen LogP) is 0.869. The van der Waals surface area contributed by atoms with Gasteiger partial charge in [-0.15, -0.1) is 12.4 Å². The summed E-state index contributed by atoms with van der Waals surface area (Å²) in [4.78, 5) is 4.33. The van der Waals surface area contributed by atoms with Crippen LogP contribution in [0.5, 0.6) is 0 Å². The van der Waals surface area contributed by atoms with Gasteiger partial charge < -0.3 is 9.57 Å². The molecule has 0 amide bonds. The van der Waals surface area contributed by atoms with E-state index in [0.717, 1.165) is 0 Å². The van der Waals surface area contributed by atoms with Crippen molar-refractivity contribution in [1.82, 2.24) is 0 Å². The van der Waals surface area contributed by atoms with Gasteiger partial charge in [0, 0.05) is 0 Å². The Hall–Kier alpha value is -0.700. The van der Waals surface area contributed by atoms with Crippen molar-refractivity contribution < 1.29 is 9.57 Å². The van der Waals surface area contributed by atoms with Crippen LogP contribution < -0.4 is 0 Å². The third kappa shape index (κ3) is 2.05. The molecule has 0 atom stereocenters. The van der Waals surface area contributed by atoms with E-state index in [2.05, 4.69) is 14.7 Å². The molecule has 0 unspecified atom stereocenters. The van der Waals surface area contributed by atoms with Gasteiger partial charge in [-0.1, -0.05) is 0 Å². The molecule has 1 heterocycles. The standard InChI is InChI=1S/C3H3NO2.ClH/c1-2-6-4-3-5-1;/h1-3H;1H. The molecule has 0 bridgehead atoms. The first-order valence-corrected chi connectivity index (χ1v) is 1.48. The van der Waals surface area contributed by atoms with E-state index < -0.39 is 0 Å². The van der Waals surface area contributed by atoms with Gasteiger partial charge in [0.25, 0.3) is 0 Å². The Balaban J connectivity index is 0.000000360. The summed E-state index contributed by atoms with van der Waals surface area (Å²) < 4.78 is 4.47. The van der Waals surface area contributed by atoms with Crippen molar-refractivity contribution >= 4 is 18.8 Å². The highest BCUT2D eigenvalue weighted by Gasteiger charge is 1.76. The molecular formula is C3H4ClNO2. The van der Waals surface area contributed by atoms with E-state index in [1.165, 1.54) is 18.9 Å². The minimum atomic E-state index is 0. The summed E-state index contributed by atoms with van der Waals surface area (Å²) in [5.41, 5.74) is 0. The molecule has 4 heteroatoms. The van der Waals surface area contributed by atoms with Gasteiger partial charge >= 0.3 is 0 Å². The van der Waals surface area contributed by atoms with Crippen molar-refractivity contribution in [2.24, 2.45) is 5.16 Å². The van der Waals surface area contributed by atoms with E-state index in [0.29, 0.717) is 0 Å². The van der Waals surface area contributed by atoms with Crippen molar-refractivity contribution in [3.05, 3.63) is 12.5 Å². The Labute approximate surface area is 47.0 Å². The number of nitrogens with zero attached hydrogens (tertiary/aromatic N) is 1. The topological polar surface area (TPSA) is 30.8 Å². The second kappa shape index (κ2) is 3.49. The Morgan fingerprint density at radius 2 is 2.14 bits per heavy atom. The fourth-order valence-corrected chi connectivity index (χ4v) is 0.177. The quantitative estimate of drug-likeness (QED) is 0.476. The maximum Gasteiger partial charge on any atom is 0.218 e. The Morgan fingerprint density at radius 3 is 2.29 bits per heavy atom. The van der Waals surface area contributed by atoms with Gasteiger partial charge in [0.1, 0.15) is 6.26 Å². The van der Waals surface area contributed by atoms with Crippen molar-refractivity contribution in [3.63, 3.8) is 0 Å². The van der Waals surface area contributed by atoms with Crippen molar-refractivity contribution in [2.45, 2.75) is 0 Å². The van der Waals surface area contributed by atoms with Crippen LogP contribution >= 0.6 is 12.4 Å². The zero-order valence-electron chi connectivity index (χ0n) is 3.40. The van der Waals surface area contributed by atoms with Crippen molar-refractivity contribution in [3.8, 4) is 0 Å². The Morgan fingerprint density at radius 1 is 1.29 bits per heavy atom. The van der Waals surface area contributed by atoms with E-state index in [-0.39, 0.29) is 12.4 Å². The van der Waals surface area contributed by atoms with E-state index in [4.69, 9.17) is 0 Å². The van der Waals surface area contributed by atoms with Crippen LogP contribution in [0.2, 0.25) is 0 Å². The molecule has 40 valence electrons. The van der Waals surface area contributed by atoms with Crippen LogP contribution in [0, 0.1) is 0 Å². The number of hydrogen-bond acceptors (Lipinski definition) is 3. The molecule has 1 aliphatic heterocycles. The molecule has 3 nitrogen and oxygen atoms in total. The van der Waals surface area contributed by atoms with Gasteiger partial charge in [-0.25, -0.2) is 0 Å². The lowest BCUT2D eigenvalue weighted by molar-refractivity contribution is 0.228. The van der Waals surface area contributed by atoms with Crippen molar-refractivity contribution in [2.75, 3.05) is 0 Å². The SMILES string of the molecule is C1=CON=CO1.Cl. The van der Waals surface area contributed by atoms with Crippen LogP contribution in [-0.4, -0.2) is 6.40 Å². The second-order valence-corrected chi connectivity index (χ2v) is 0.724. The zero-order valence-corrected chi connectivity index (χ0v) is 4.22. The lowest BCUT2D eigenvalue weighted by Gasteiger charge is -1.92. The lowest BCUT2D eigenvalue weighted by atomic mass is 11.0. The second-order valence-electron chi connectivity index (χ2n) is 0.724. The van der Waals surface area contributed by atoms with Gasteiger partial charge in [0.2, 0.25) is 6.40 Å². The maximum absolute atomic E-state index is 4.47. The molecule has 0 aromatic heterocycles. The highest BCUT2D eigenvalue weighted by molar-refractivity contribution is 5.85. The number of ether oxygens (including phenoxy) is 1. The molecule has 0 aromatic carbocycles. The first-order valence-electron chi connectivity index (χ1n) is 1.48. The van der Waals surface area contributed by atoms with Gasteiger partial charge in [-0.3, -0.25) is 0 Å². The van der Waals surface area contributed by atoms with Crippen LogP contribution in [0.3, 0.4) is 0 Å². The Bertz CT molecular complexity index is 70.9. The van der Waals surface area contributed by atoms with E-state index in [1.807, 2.05) is 0 Å². The number of halogens is 1. The summed E-state index contributed by atoms with van der Waals surface area (Å²) in [5, 5.41) is 3.24. The van der Waals surface area contributed by atoms with Crippen LogP contribution in [0.1, 0.15) is 0 Å². The molecule has 1 rings (SSSR count). The van der Waals surface area contributed by atoms with E-state index in [1.54, 1.807) is 0 Å². The molecule has 0 aromatic rings. The summed E-state index contributed by atoms with van der Waals surface area (Å²) in [6.45, 7) is 0. The van der Waals surface area contributed by atoms with Crippen LogP contribution in [0.4, 0.5) is 0 Å². The molecule has 7 heavy (non-hydrogen) atoms. The lowest BCUT2D eigenvalue weighted by Crippen LogP contribution is -1.82. The fraction of sp³-hybridized carbons (Fsp3) is 0. The Kier molecular flexibility index (Phi) is 3.14. The minimum absolute atomic E-state index is 0. The highest BCUT2D eigenvalue weighted by atomic mass is 35.5. The monoisotopic (exact) mass is 121 g/mol. The van der Waals surface area contributed by atoms with E-state index in [9.17, 15) is 0 Å². The summed E-state index contributed by atoms with van der Waals surface area (Å²) in [7, 11) is 0. The molecule has 0 radical (unpaired) electrons. The molecular weight excluding hydrogens is 117 g/mol. The fourth-order valence-electron chi connectivity index (χ4n) is 0.177. The van der Waals surface area contributed by atoms with Crippen LogP contribution in [0.25, 0.3) is 0 Å². The molecule has 0 saturated carbocycles. The molecule has 0 spiro atoms. The molecule has 0 N–H and O–H groups in total. The minimum Gasteiger partial charge on any atom is -0.447 e. The van der Waals surface area contributed by atoms with Crippen LogP contribution in [0.15, 0.2) is 17.7 Å². The average Bonchev–Trinajstić information content (AvgIpc) is 1.72. The summed E-state index contributed by atoms with van der Waals surface area (Å²) in [5.74, 6) is 0. The average molecular weight is 122 g/mol. The van der Waals surface area contributed by atoms with Gasteiger partial charge in [0.05, 0.1) is 0 Å². The molecule has 1 aliphatic rings.